The highest BCUT2D eigenvalue weighted by molar-refractivity contribution is 9.10. The van der Waals surface area contributed by atoms with Gasteiger partial charge in [0.1, 0.15) is 5.75 Å². The molecule has 0 aliphatic carbocycles. The summed E-state index contributed by atoms with van der Waals surface area (Å²) in [5, 5.41) is 4.93. The first-order valence-corrected chi connectivity index (χ1v) is 7.53. The van der Waals surface area contributed by atoms with Gasteiger partial charge in [-0.25, -0.2) is 0 Å². The normalized spacial score (nSPS) is 12.1. The highest BCUT2D eigenvalue weighted by atomic mass is 79.9. The summed E-state index contributed by atoms with van der Waals surface area (Å²) in [6.07, 6.45) is -0.570. The molecular weight excluding hydrogens is 334 g/mol. The summed E-state index contributed by atoms with van der Waals surface area (Å²) in [5.41, 5.74) is 0. The number of carbonyl (C=O) groups is 1. The van der Waals surface area contributed by atoms with Crippen LogP contribution in [-0.2, 0) is 9.53 Å². The third kappa shape index (κ3) is 3.95. The fourth-order valence-corrected chi connectivity index (χ4v) is 2.56. The molecule has 21 heavy (non-hydrogen) atoms. The van der Waals surface area contributed by atoms with Crippen LogP contribution in [0.4, 0.5) is 0 Å². The fraction of sp³-hybridized carbons (Fsp3) is 0.312. The van der Waals surface area contributed by atoms with E-state index in [1.165, 1.54) is 0 Å². The van der Waals surface area contributed by atoms with E-state index in [1.54, 1.807) is 14.0 Å². The number of amides is 1. The summed E-state index contributed by atoms with van der Waals surface area (Å²) >= 11 is 3.55. The van der Waals surface area contributed by atoms with Crippen LogP contribution in [0.3, 0.4) is 0 Å². The average molecular weight is 352 g/mol. The first kappa shape index (κ1) is 15.8. The van der Waals surface area contributed by atoms with Gasteiger partial charge in [0.05, 0.1) is 11.1 Å². The third-order valence-electron chi connectivity index (χ3n) is 3.11. The second-order valence-electron chi connectivity index (χ2n) is 4.64. The number of ether oxygens (including phenoxy) is 2. The second kappa shape index (κ2) is 7.43. The van der Waals surface area contributed by atoms with E-state index >= 15 is 0 Å². The molecule has 2 aromatic rings. The lowest BCUT2D eigenvalue weighted by Gasteiger charge is -2.16. The Labute approximate surface area is 132 Å². The summed E-state index contributed by atoms with van der Waals surface area (Å²) < 4.78 is 11.5. The lowest BCUT2D eigenvalue weighted by molar-refractivity contribution is -0.127. The molecule has 0 radical (unpaired) electrons. The van der Waals surface area contributed by atoms with Crippen molar-refractivity contribution >= 4 is 32.6 Å². The first-order chi connectivity index (χ1) is 10.1. The Kier molecular flexibility index (Phi) is 5.59. The number of benzene rings is 2. The van der Waals surface area contributed by atoms with Crippen molar-refractivity contribution in [2.75, 3.05) is 20.3 Å². The molecular formula is C16H18BrNO3. The van der Waals surface area contributed by atoms with E-state index in [0.717, 1.165) is 15.2 Å². The van der Waals surface area contributed by atoms with Crippen molar-refractivity contribution < 1.29 is 14.3 Å². The molecule has 0 spiro atoms. The number of rotatable bonds is 6. The van der Waals surface area contributed by atoms with E-state index in [2.05, 4.69) is 21.2 Å². The molecule has 1 N–H and O–H groups in total. The summed E-state index contributed by atoms with van der Waals surface area (Å²) in [7, 11) is 1.60. The van der Waals surface area contributed by atoms with E-state index in [4.69, 9.17) is 9.47 Å². The molecule has 0 fully saturated rings. The van der Waals surface area contributed by atoms with Crippen LogP contribution in [-0.4, -0.2) is 32.3 Å². The van der Waals surface area contributed by atoms with Crippen molar-refractivity contribution in [2.45, 2.75) is 13.0 Å². The van der Waals surface area contributed by atoms with Crippen molar-refractivity contribution in [2.24, 2.45) is 0 Å². The van der Waals surface area contributed by atoms with Gasteiger partial charge in [0, 0.05) is 13.7 Å². The van der Waals surface area contributed by atoms with Gasteiger partial charge in [-0.05, 0) is 39.7 Å². The molecule has 2 aromatic carbocycles. The van der Waals surface area contributed by atoms with Crippen molar-refractivity contribution in [3.8, 4) is 5.75 Å². The molecule has 0 saturated carbocycles. The number of hydrogen-bond donors (Lipinski definition) is 1. The minimum absolute atomic E-state index is 0.160. The maximum atomic E-state index is 11.9. The van der Waals surface area contributed by atoms with Crippen LogP contribution in [0.5, 0.6) is 5.75 Å². The molecule has 0 aromatic heterocycles. The molecule has 5 heteroatoms. The number of methoxy groups -OCH3 is 1. The van der Waals surface area contributed by atoms with Crippen LogP contribution in [0.25, 0.3) is 10.8 Å². The zero-order valence-electron chi connectivity index (χ0n) is 12.1. The van der Waals surface area contributed by atoms with Crippen LogP contribution in [0, 0.1) is 0 Å². The van der Waals surface area contributed by atoms with Gasteiger partial charge in [0.2, 0.25) is 0 Å². The maximum absolute atomic E-state index is 11.9. The Morgan fingerprint density at radius 3 is 2.81 bits per heavy atom. The van der Waals surface area contributed by atoms with Gasteiger partial charge in [0.25, 0.3) is 5.91 Å². The molecule has 0 aliphatic heterocycles. The predicted octanol–water partition coefficient (Wildman–Crippen LogP) is 3.13. The smallest absolute Gasteiger partial charge is 0.260 e. The summed E-state index contributed by atoms with van der Waals surface area (Å²) in [4.78, 5) is 11.9. The van der Waals surface area contributed by atoms with Crippen molar-refractivity contribution in [3.63, 3.8) is 0 Å². The highest BCUT2D eigenvalue weighted by Gasteiger charge is 2.16. The Morgan fingerprint density at radius 2 is 2.05 bits per heavy atom. The van der Waals surface area contributed by atoms with E-state index in [1.807, 2.05) is 36.4 Å². The Hall–Kier alpha value is -1.59. The van der Waals surface area contributed by atoms with Gasteiger partial charge in [-0.3, -0.25) is 4.79 Å². The number of hydrogen-bond acceptors (Lipinski definition) is 3. The lowest BCUT2D eigenvalue weighted by atomic mass is 10.1. The van der Waals surface area contributed by atoms with Gasteiger partial charge < -0.3 is 14.8 Å². The predicted molar refractivity (Wildman–Crippen MR) is 86.6 cm³/mol. The Bertz CT molecular complexity index is 630. The van der Waals surface area contributed by atoms with Crippen LogP contribution in [0.1, 0.15) is 6.92 Å². The summed E-state index contributed by atoms with van der Waals surface area (Å²) in [6.45, 7) is 2.68. The van der Waals surface area contributed by atoms with Crippen LogP contribution in [0.2, 0.25) is 0 Å². The second-order valence-corrected chi connectivity index (χ2v) is 5.44. The maximum Gasteiger partial charge on any atom is 0.260 e. The molecule has 1 unspecified atom stereocenters. The SMILES string of the molecule is COCCNC(=O)C(C)Oc1ccc2ccccc2c1Br. The van der Waals surface area contributed by atoms with E-state index in [-0.39, 0.29) is 5.91 Å². The van der Waals surface area contributed by atoms with Crippen LogP contribution < -0.4 is 10.1 Å². The molecule has 2 rings (SSSR count). The molecule has 4 nitrogen and oxygen atoms in total. The highest BCUT2D eigenvalue weighted by Crippen LogP contribution is 2.33. The van der Waals surface area contributed by atoms with Crippen molar-refractivity contribution in [3.05, 3.63) is 40.9 Å². The Morgan fingerprint density at radius 1 is 1.29 bits per heavy atom. The van der Waals surface area contributed by atoms with Gasteiger partial charge in [-0.1, -0.05) is 30.3 Å². The van der Waals surface area contributed by atoms with Crippen molar-refractivity contribution in [1.82, 2.24) is 5.32 Å². The minimum Gasteiger partial charge on any atom is -0.480 e. The van der Waals surface area contributed by atoms with Crippen LogP contribution in [0.15, 0.2) is 40.9 Å². The average Bonchev–Trinajstić information content (AvgIpc) is 2.50. The summed E-state index contributed by atoms with van der Waals surface area (Å²) in [5.74, 6) is 0.496. The summed E-state index contributed by atoms with van der Waals surface area (Å²) in [6, 6.07) is 11.8. The van der Waals surface area contributed by atoms with E-state index in [0.29, 0.717) is 18.9 Å². The van der Waals surface area contributed by atoms with Gasteiger partial charge in [0.15, 0.2) is 6.10 Å². The number of fused-ring (bicyclic) bond motifs is 1. The first-order valence-electron chi connectivity index (χ1n) is 6.74. The standard InChI is InChI=1S/C16H18BrNO3/c1-11(16(19)18-9-10-20-2)21-14-8-7-12-5-3-4-6-13(12)15(14)17/h3-8,11H,9-10H2,1-2H3,(H,18,19). The lowest BCUT2D eigenvalue weighted by Crippen LogP contribution is -2.37. The number of carbonyl (C=O) groups excluding carboxylic acids is 1. The van der Waals surface area contributed by atoms with E-state index < -0.39 is 6.10 Å². The fourth-order valence-electron chi connectivity index (χ4n) is 1.97. The third-order valence-corrected chi connectivity index (χ3v) is 3.92. The van der Waals surface area contributed by atoms with Gasteiger partial charge in [-0.2, -0.15) is 0 Å². The molecule has 0 bridgehead atoms. The zero-order valence-corrected chi connectivity index (χ0v) is 13.6. The molecule has 0 aliphatic rings. The quantitative estimate of drug-likeness (QED) is 0.813. The van der Waals surface area contributed by atoms with E-state index in [9.17, 15) is 4.79 Å². The minimum atomic E-state index is -0.570. The number of nitrogens with one attached hydrogen (secondary N) is 1. The van der Waals surface area contributed by atoms with Crippen LogP contribution >= 0.6 is 15.9 Å². The molecule has 0 heterocycles. The Balaban J connectivity index is 2.09. The zero-order chi connectivity index (χ0) is 15.2. The monoisotopic (exact) mass is 351 g/mol. The van der Waals surface area contributed by atoms with Gasteiger partial charge in [-0.15, -0.1) is 0 Å². The molecule has 0 saturated heterocycles. The molecule has 1 amide bonds. The largest absolute Gasteiger partial charge is 0.480 e. The topological polar surface area (TPSA) is 47.6 Å². The number of halogens is 1. The molecule has 112 valence electrons. The van der Waals surface area contributed by atoms with Gasteiger partial charge >= 0.3 is 0 Å². The van der Waals surface area contributed by atoms with Crippen molar-refractivity contribution in [1.29, 1.82) is 0 Å². The molecule has 1 atom stereocenters.